The standard InChI is InChI=1S/C13H12F2N4O/c14-8-3-1-4-9(15)11(8)18-12(20)10-7-19-6-2-5-16-13(19)17-10/h1,3-4,7H,2,5-6H2,(H,16,17)(H,18,20). The molecule has 7 heteroatoms. The second-order valence-corrected chi connectivity index (χ2v) is 4.47. The molecule has 0 radical (unpaired) electrons. The van der Waals surface area contributed by atoms with Crippen LogP contribution in [-0.2, 0) is 6.54 Å². The fraction of sp³-hybridized carbons (Fsp3) is 0.231. The summed E-state index contributed by atoms with van der Waals surface area (Å²) in [5.41, 5.74) is -0.339. The van der Waals surface area contributed by atoms with Crippen LogP contribution in [0.5, 0.6) is 0 Å². The Balaban J connectivity index is 1.84. The zero-order valence-corrected chi connectivity index (χ0v) is 10.5. The number of carbonyl (C=O) groups is 1. The minimum atomic E-state index is -0.819. The highest BCUT2D eigenvalue weighted by Gasteiger charge is 2.19. The molecule has 3 rings (SSSR count). The second-order valence-electron chi connectivity index (χ2n) is 4.47. The number of carbonyl (C=O) groups excluding carboxylic acids is 1. The van der Waals surface area contributed by atoms with Gasteiger partial charge in [-0.2, -0.15) is 0 Å². The fourth-order valence-electron chi connectivity index (χ4n) is 2.08. The summed E-state index contributed by atoms with van der Waals surface area (Å²) >= 11 is 0. The summed E-state index contributed by atoms with van der Waals surface area (Å²) in [6.07, 6.45) is 2.50. The van der Waals surface area contributed by atoms with Gasteiger partial charge in [-0.15, -0.1) is 0 Å². The van der Waals surface area contributed by atoms with Crippen LogP contribution in [0.15, 0.2) is 24.4 Å². The zero-order chi connectivity index (χ0) is 14.1. The van der Waals surface area contributed by atoms with Gasteiger partial charge in [0.2, 0.25) is 5.95 Å². The predicted octanol–water partition coefficient (Wildman–Crippen LogP) is 2.23. The molecule has 2 aromatic rings. The van der Waals surface area contributed by atoms with E-state index in [4.69, 9.17) is 0 Å². The van der Waals surface area contributed by atoms with Gasteiger partial charge >= 0.3 is 0 Å². The number of halogens is 2. The SMILES string of the molecule is O=C(Nc1c(F)cccc1F)c1cn2c(n1)NCCC2. The van der Waals surface area contributed by atoms with Gasteiger partial charge in [0.25, 0.3) is 5.91 Å². The third-order valence-corrected chi connectivity index (χ3v) is 3.07. The molecule has 0 fully saturated rings. The van der Waals surface area contributed by atoms with Crippen molar-refractivity contribution in [2.75, 3.05) is 17.2 Å². The van der Waals surface area contributed by atoms with Crippen LogP contribution in [0.25, 0.3) is 0 Å². The van der Waals surface area contributed by atoms with Crippen molar-refractivity contribution in [2.45, 2.75) is 13.0 Å². The molecule has 20 heavy (non-hydrogen) atoms. The third-order valence-electron chi connectivity index (χ3n) is 3.07. The Labute approximate surface area is 113 Å². The lowest BCUT2D eigenvalue weighted by atomic mass is 10.3. The van der Waals surface area contributed by atoms with Crippen molar-refractivity contribution in [3.8, 4) is 0 Å². The number of hydrogen-bond acceptors (Lipinski definition) is 3. The Bertz CT molecular complexity index is 625. The molecule has 1 aliphatic rings. The minimum Gasteiger partial charge on any atom is -0.356 e. The number of aromatic nitrogens is 2. The first-order chi connectivity index (χ1) is 9.65. The first-order valence-electron chi connectivity index (χ1n) is 6.21. The van der Waals surface area contributed by atoms with Crippen LogP contribution >= 0.6 is 0 Å². The Morgan fingerprint density at radius 3 is 2.80 bits per heavy atom. The topological polar surface area (TPSA) is 59.0 Å². The van der Waals surface area contributed by atoms with Crippen LogP contribution < -0.4 is 10.6 Å². The van der Waals surface area contributed by atoms with E-state index in [2.05, 4.69) is 15.6 Å². The molecule has 1 aromatic carbocycles. The number of fused-ring (bicyclic) bond motifs is 1. The monoisotopic (exact) mass is 278 g/mol. The van der Waals surface area contributed by atoms with E-state index in [1.165, 1.54) is 6.07 Å². The molecule has 2 N–H and O–H groups in total. The van der Waals surface area contributed by atoms with Crippen molar-refractivity contribution < 1.29 is 13.6 Å². The average molecular weight is 278 g/mol. The maximum atomic E-state index is 13.5. The van der Waals surface area contributed by atoms with Crippen LogP contribution in [0.2, 0.25) is 0 Å². The average Bonchev–Trinajstić information content (AvgIpc) is 2.87. The van der Waals surface area contributed by atoms with E-state index in [1.807, 2.05) is 0 Å². The third kappa shape index (κ3) is 2.22. The normalized spacial score (nSPS) is 13.5. The lowest BCUT2D eigenvalue weighted by Crippen LogP contribution is -2.16. The number of para-hydroxylation sites is 1. The lowest BCUT2D eigenvalue weighted by Gasteiger charge is -2.14. The highest BCUT2D eigenvalue weighted by Crippen LogP contribution is 2.20. The molecule has 0 bridgehead atoms. The number of nitrogens with zero attached hydrogens (tertiary/aromatic N) is 2. The number of anilines is 2. The molecular weight excluding hydrogens is 266 g/mol. The summed E-state index contributed by atoms with van der Waals surface area (Å²) in [6, 6.07) is 3.40. The summed E-state index contributed by atoms with van der Waals surface area (Å²) in [5, 5.41) is 5.26. The van der Waals surface area contributed by atoms with Crippen LogP contribution in [0.1, 0.15) is 16.9 Å². The highest BCUT2D eigenvalue weighted by molar-refractivity contribution is 6.03. The van der Waals surface area contributed by atoms with Gasteiger partial charge in [0, 0.05) is 19.3 Å². The van der Waals surface area contributed by atoms with Crippen LogP contribution in [0.3, 0.4) is 0 Å². The van der Waals surface area contributed by atoms with E-state index >= 15 is 0 Å². The summed E-state index contributed by atoms with van der Waals surface area (Å²) in [7, 11) is 0. The summed E-state index contributed by atoms with van der Waals surface area (Å²) in [6.45, 7) is 1.55. The van der Waals surface area contributed by atoms with Crippen LogP contribution in [0, 0.1) is 11.6 Å². The van der Waals surface area contributed by atoms with Crippen molar-refractivity contribution in [3.05, 3.63) is 41.7 Å². The Morgan fingerprint density at radius 1 is 1.35 bits per heavy atom. The van der Waals surface area contributed by atoms with E-state index in [1.54, 1.807) is 10.8 Å². The molecule has 0 unspecified atom stereocenters. The number of nitrogens with one attached hydrogen (secondary N) is 2. The molecular formula is C13H12F2N4O. The quantitative estimate of drug-likeness (QED) is 0.885. The molecule has 0 atom stereocenters. The van der Waals surface area contributed by atoms with Gasteiger partial charge in [-0.1, -0.05) is 6.07 Å². The minimum absolute atomic E-state index is 0.122. The van der Waals surface area contributed by atoms with Crippen molar-refractivity contribution in [2.24, 2.45) is 0 Å². The molecule has 1 aromatic heterocycles. The molecule has 1 aliphatic heterocycles. The molecule has 0 spiro atoms. The number of imidazole rings is 1. The van der Waals surface area contributed by atoms with E-state index in [0.717, 1.165) is 31.6 Å². The van der Waals surface area contributed by atoms with Crippen LogP contribution in [0.4, 0.5) is 20.4 Å². The Morgan fingerprint density at radius 2 is 2.10 bits per heavy atom. The summed E-state index contributed by atoms with van der Waals surface area (Å²) in [4.78, 5) is 16.1. The van der Waals surface area contributed by atoms with Crippen molar-refractivity contribution in [1.82, 2.24) is 9.55 Å². The number of hydrogen-bond donors (Lipinski definition) is 2. The van der Waals surface area contributed by atoms with Gasteiger partial charge in [0.05, 0.1) is 0 Å². The van der Waals surface area contributed by atoms with Crippen molar-refractivity contribution in [1.29, 1.82) is 0 Å². The van der Waals surface area contributed by atoms with Gasteiger partial charge in [0.15, 0.2) is 0 Å². The van der Waals surface area contributed by atoms with Gasteiger partial charge < -0.3 is 15.2 Å². The number of benzene rings is 1. The molecule has 0 saturated carbocycles. The van der Waals surface area contributed by atoms with E-state index in [-0.39, 0.29) is 5.69 Å². The number of amides is 1. The van der Waals surface area contributed by atoms with Gasteiger partial charge in [-0.05, 0) is 18.6 Å². The van der Waals surface area contributed by atoms with Crippen molar-refractivity contribution >= 4 is 17.5 Å². The first-order valence-corrected chi connectivity index (χ1v) is 6.21. The summed E-state index contributed by atoms with van der Waals surface area (Å²) < 4.78 is 28.7. The lowest BCUT2D eigenvalue weighted by molar-refractivity contribution is 0.102. The summed E-state index contributed by atoms with van der Waals surface area (Å²) in [5.74, 6) is -1.69. The fourth-order valence-corrected chi connectivity index (χ4v) is 2.08. The predicted molar refractivity (Wildman–Crippen MR) is 69.6 cm³/mol. The highest BCUT2D eigenvalue weighted by atomic mass is 19.1. The van der Waals surface area contributed by atoms with E-state index in [9.17, 15) is 13.6 Å². The maximum Gasteiger partial charge on any atom is 0.276 e. The second kappa shape index (κ2) is 4.92. The Kier molecular flexibility index (Phi) is 3.09. The maximum absolute atomic E-state index is 13.5. The molecule has 0 saturated heterocycles. The molecule has 5 nitrogen and oxygen atoms in total. The van der Waals surface area contributed by atoms with Crippen LogP contribution in [-0.4, -0.2) is 22.0 Å². The molecule has 2 heterocycles. The zero-order valence-electron chi connectivity index (χ0n) is 10.5. The molecule has 0 aliphatic carbocycles. The smallest absolute Gasteiger partial charge is 0.276 e. The molecule has 104 valence electrons. The number of aryl methyl sites for hydroxylation is 1. The number of rotatable bonds is 2. The van der Waals surface area contributed by atoms with Gasteiger partial charge in [-0.25, -0.2) is 13.8 Å². The first kappa shape index (κ1) is 12.6. The van der Waals surface area contributed by atoms with E-state index < -0.39 is 23.2 Å². The van der Waals surface area contributed by atoms with Crippen molar-refractivity contribution in [3.63, 3.8) is 0 Å². The van der Waals surface area contributed by atoms with E-state index in [0.29, 0.717) is 5.95 Å². The Hall–Kier alpha value is -2.44. The largest absolute Gasteiger partial charge is 0.356 e. The molecule has 1 amide bonds. The van der Waals surface area contributed by atoms with Gasteiger partial charge in [-0.3, -0.25) is 4.79 Å². The van der Waals surface area contributed by atoms with Gasteiger partial charge in [0.1, 0.15) is 23.0 Å².